The van der Waals surface area contributed by atoms with Gasteiger partial charge >= 0.3 is 5.97 Å². The van der Waals surface area contributed by atoms with E-state index in [0.717, 1.165) is 12.1 Å². The van der Waals surface area contributed by atoms with Crippen LogP contribution in [0.1, 0.15) is 27.6 Å². The molecule has 30 heavy (non-hydrogen) atoms. The number of benzene rings is 2. The first-order chi connectivity index (χ1) is 14.2. The van der Waals surface area contributed by atoms with Crippen LogP contribution in [0.4, 0.5) is 11.4 Å². The maximum atomic E-state index is 12.6. The van der Waals surface area contributed by atoms with Crippen molar-refractivity contribution >= 4 is 29.0 Å². The second kappa shape index (κ2) is 8.07. The molecule has 0 aliphatic carbocycles. The largest absolute Gasteiger partial charge is 0.458 e. The van der Waals surface area contributed by atoms with Crippen molar-refractivity contribution in [2.75, 3.05) is 0 Å². The molecular weight excluding hydrogens is 398 g/mol. The molecule has 11 heteroatoms. The third kappa shape index (κ3) is 3.99. The van der Waals surface area contributed by atoms with Crippen LogP contribution in [-0.2, 0) is 9.53 Å². The SMILES string of the molecule is CC(OC(=O)c1cc([N+](=O)[O-])cc([N+](=O)[O-])c1)[C@@H]1C(=O)N[C@H]1C(=O)c1ccccc1. The van der Waals surface area contributed by atoms with Gasteiger partial charge in [-0.05, 0) is 6.92 Å². The summed E-state index contributed by atoms with van der Waals surface area (Å²) in [7, 11) is 0. The highest BCUT2D eigenvalue weighted by Gasteiger charge is 2.48. The average molecular weight is 413 g/mol. The van der Waals surface area contributed by atoms with E-state index in [1.807, 2.05) is 0 Å². The molecular formula is C19H15N3O8. The van der Waals surface area contributed by atoms with E-state index in [1.54, 1.807) is 30.3 Å². The fourth-order valence-corrected chi connectivity index (χ4v) is 3.12. The highest BCUT2D eigenvalue weighted by atomic mass is 16.6. The van der Waals surface area contributed by atoms with Crippen molar-refractivity contribution in [2.24, 2.45) is 5.92 Å². The van der Waals surface area contributed by atoms with Gasteiger partial charge in [0, 0.05) is 17.7 Å². The smallest absolute Gasteiger partial charge is 0.338 e. The summed E-state index contributed by atoms with van der Waals surface area (Å²) in [5.41, 5.74) is -1.33. The number of Topliss-reactive ketones (excluding diaryl/α,β-unsaturated/α-hetero) is 1. The third-order valence-corrected chi connectivity index (χ3v) is 4.66. The second-order valence-electron chi connectivity index (χ2n) is 6.61. The van der Waals surface area contributed by atoms with Crippen LogP contribution in [0.25, 0.3) is 0 Å². The van der Waals surface area contributed by atoms with Crippen LogP contribution in [0.2, 0.25) is 0 Å². The number of ketones is 1. The van der Waals surface area contributed by atoms with Gasteiger partial charge in [-0.1, -0.05) is 30.3 Å². The quantitative estimate of drug-likeness (QED) is 0.237. The van der Waals surface area contributed by atoms with E-state index in [0.29, 0.717) is 11.6 Å². The van der Waals surface area contributed by atoms with E-state index in [9.17, 15) is 34.6 Å². The molecule has 0 radical (unpaired) electrons. The van der Waals surface area contributed by atoms with Crippen molar-refractivity contribution in [3.8, 4) is 0 Å². The fourth-order valence-electron chi connectivity index (χ4n) is 3.12. The number of non-ortho nitro benzene ring substituents is 2. The molecule has 2 aromatic rings. The molecule has 3 rings (SSSR count). The molecule has 0 bridgehead atoms. The zero-order chi connectivity index (χ0) is 22.0. The highest BCUT2D eigenvalue weighted by Crippen LogP contribution is 2.27. The van der Waals surface area contributed by atoms with Gasteiger partial charge in [0.15, 0.2) is 5.78 Å². The number of nitro benzene ring substituents is 2. The number of hydrogen-bond acceptors (Lipinski definition) is 8. The normalized spacial score (nSPS) is 18.5. The van der Waals surface area contributed by atoms with Gasteiger partial charge in [0.25, 0.3) is 11.4 Å². The number of carbonyl (C=O) groups is 3. The van der Waals surface area contributed by atoms with Crippen molar-refractivity contribution in [2.45, 2.75) is 19.1 Å². The summed E-state index contributed by atoms with van der Waals surface area (Å²) in [5, 5.41) is 24.4. The Labute approximate surface area is 168 Å². The molecule has 2 aromatic carbocycles. The van der Waals surface area contributed by atoms with E-state index in [-0.39, 0.29) is 5.78 Å². The van der Waals surface area contributed by atoms with Gasteiger partial charge in [-0.15, -0.1) is 0 Å². The van der Waals surface area contributed by atoms with Crippen LogP contribution in [0, 0.1) is 26.1 Å². The first-order valence-electron chi connectivity index (χ1n) is 8.73. The number of β-lactam (4-membered cyclic amide) rings is 1. The Morgan fingerprint density at radius 1 is 1.00 bits per heavy atom. The predicted molar refractivity (Wildman–Crippen MR) is 101 cm³/mol. The minimum absolute atomic E-state index is 0.353. The monoisotopic (exact) mass is 413 g/mol. The van der Waals surface area contributed by atoms with Gasteiger partial charge in [-0.25, -0.2) is 4.79 Å². The van der Waals surface area contributed by atoms with Crippen molar-refractivity contribution in [1.82, 2.24) is 5.32 Å². The lowest BCUT2D eigenvalue weighted by Crippen LogP contribution is -2.65. The molecule has 1 aliphatic heterocycles. The minimum atomic E-state index is -1.08. The van der Waals surface area contributed by atoms with Crippen molar-refractivity contribution in [1.29, 1.82) is 0 Å². The number of nitrogens with zero attached hydrogens (tertiary/aromatic N) is 2. The van der Waals surface area contributed by atoms with Crippen LogP contribution in [0.15, 0.2) is 48.5 Å². The van der Waals surface area contributed by atoms with Gasteiger partial charge < -0.3 is 10.1 Å². The maximum absolute atomic E-state index is 12.6. The minimum Gasteiger partial charge on any atom is -0.458 e. The Hall–Kier alpha value is -4.15. The molecule has 1 N–H and O–H groups in total. The van der Waals surface area contributed by atoms with Crippen molar-refractivity contribution in [3.63, 3.8) is 0 Å². The second-order valence-corrected chi connectivity index (χ2v) is 6.61. The Bertz CT molecular complexity index is 1020. The lowest BCUT2D eigenvalue weighted by atomic mass is 9.81. The summed E-state index contributed by atoms with van der Waals surface area (Å²) < 4.78 is 5.20. The Morgan fingerprint density at radius 2 is 1.57 bits per heavy atom. The number of rotatable bonds is 7. The summed E-state index contributed by atoms with van der Waals surface area (Å²) in [4.78, 5) is 57.2. The number of nitrogens with one attached hydrogen (secondary N) is 1. The summed E-state index contributed by atoms with van der Waals surface area (Å²) in [6, 6.07) is 9.74. The summed E-state index contributed by atoms with van der Waals surface area (Å²) in [6.07, 6.45) is -1.05. The Balaban J connectivity index is 1.78. The van der Waals surface area contributed by atoms with Gasteiger partial charge in [0.05, 0.1) is 21.5 Å². The van der Waals surface area contributed by atoms with Crippen molar-refractivity contribution < 1.29 is 29.0 Å². The predicted octanol–water partition coefficient (Wildman–Crippen LogP) is 2.05. The molecule has 3 atom stereocenters. The molecule has 1 saturated heterocycles. The molecule has 0 saturated carbocycles. The number of ether oxygens (including phenoxy) is 1. The standard InChI is InChI=1S/C19H15N3O8/c1-10(15-16(20-18(15)24)17(23)11-5-3-2-4-6-11)30-19(25)12-7-13(21(26)27)9-14(8-12)22(28)29/h2-10,15-16H,1H3,(H,20,24)/t10?,15-,16+/m0/s1. The first-order valence-corrected chi connectivity index (χ1v) is 8.73. The number of amides is 1. The first kappa shape index (κ1) is 20.6. The number of hydrogen-bond donors (Lipinski definition) is 1. The third-order valence-electron chi connectivity index (χ3n) is 4.66. The van der Waals surface area contributed by atoms with Gasteiger partial charge in [0.2, 0.25) is 5.91 Å². The topological polar surface area (TPSA) is 159 Å². The van der Waals surface area contributed by atoms with Crippen LogP contribution < -0.4 is 5.32 Å². The van der Waals surface area contributed by atoms with Crippen LogP contribution in [-0.4, -0.2) is 39.7 Å². The van der Waals surface area contributed by atoms with Crippen molar-refractivity contribution in [3.05, 3.63) is 79.9 Å². The Kier molecular flexibility index (Phi) is 5.54. The molecule has 11 nitrogen and oxygen atoms in total. The van der Waals surface area contributed by atoms with E-state index >= 15 is 0 Å². The zero-order valence-electron chi connectivity index (χ0n) is 15.5. The Morgan fingerprint density at radius 3 is 2.07 bits per heavy atom. The van der Waals surface area contributed by atoms with Crippen LogP contribution >= 0.6 is 0 Å². The number of nitro groups is 2. The molecule has 1 fully saturated rings. The average Bonchev–Trinajstić information content (AvgIpc) is 2.71. The molecule has 0 aromatic heterocycles. The number of esters is 1. The number of carbonyl (C=O) groups excluding carboxylic acids is 3. The van der Waals surface area contributed by atoms with E-state index < -0.39 is 56.7 Å². The van der Waals surface area contributed by atoms with Crippen LogP contribution in [0.5, 0.6) is 0 Å². The maximum Gasteiger partial charge on any atom is 0.338 e. The summed E-state index contributed by atoms with van der Waals surface area (Å²) in [6.45, 7) is 1.40. The molecule has 1 aliphatic rings. The fraction of sp³-hybridized carbons (Fsp3) is 0.211. The molecule has 1 unspecified atom stereocenters. The lowest BCUT2D eigenvalue weighted by Gasteiger charge is -2.38. The highest BCUT2D eigenvalue weighted by molar-refractivity contribution is 6.08. The zero-order valence-corrected chi connectivity index (χ0v) is 15.5. The summed E-state index contributed by atoms with van der Waals surface area (Å²) >= 11 is 0. The van der Waals surface area contributed by atoms with Gasteiger partial charge in [-0.2, -0.15) is 0 Å². The van der Waals surface area contributed by atoms with E-state index in [2.05, 4.69) is 5.32 Å². The van der Waals surface area contributed by atoms with E-state index in [4.69, 9.17) is 4.74 Å². The van der Waals surface area contributed by atoms with Gasteiger partial charge in [-0.3, -0.25) is 29.8 Å². The van der Waals surface area contributed by atoms with E-state index in [1.165, 1.54) is 6.92 Å². The molecule has 0 spiro atoms. The molecule has 154 valence electrons. The van der Waals surface area contributed by atoms with Crippen LogP contribution in [0.3, 0.4) is 0 Å². The lowest BCUT2D eigenvalue weighted by molar-refractivity contribution is -0.394. The molecule has 1 amide bonds. The summed E-state index contributed by atoms with van der Waals surface area (Å²) in [5.74, 6) is -2.89. The molecule has 1 heterocycles. The van der Waals surface area contributed by atoms with Gasteiger partial charge in [0.1, 0.15) is 18.1 Å².